The third kappa shape index (κ3) is 2.75. The van der Waals surface area contributed by atoms with Gasteiger partial charge in [0.15, 0.2) is 5.82 Å². The average molecular weight is 316 g/mol. The lowest BCUT2D eigenvalue weighted by Crippen LogP contribution is -2.49. The first-order valence-electron chi connectivity index (χ1n) is 6.17. The maximum absolute atomic E-state index is 12.2. The van der Waals surface area contributed by atoms with Gasteiger partial charge in [-0.15, -0.1) is 0 Å². The predicted octanol–water partition coefficient (Wildman–Crippen LogP) is 1.25. The first kappa shape index (κ1) is 13.5. The van der Waals surface area contributed by atoms with E-state index in [2.05, 4.69) is 20.9 Å². The number of hydrogen-bond donors (Lipinski definition) is 0. The fourth-order valence-electron chi connectivity index (χ4n) is 2.21. The highest BCUT2D eigenvalue weighted by atomic mass is 79.9. The number of aromatic nitrogens is 2. The van der Waals surface area contributed by atoms with Crippen molar-refractivity contribution < 1.29 is 4.74 Å². The minimum atomic E-state index is -0.0255. The highest BCUT2D eigenvalue weighted by molar-refractivity contribution is 9.09. The Morgan fingerprint density at radius 1 is 1.56 bits per heavy atom. The third-order valence-electron chi connectivity index (χ3n) is 3.03. The van der Waals surface area contributed by atoms with Crippen molar-refractivity contribution in [1.29, 1.82) is 0 Å². The number of rotatable bonds is 3. The van der Waals surface area contributed by atoms with Crippen molar-refractivity contribution in [3.05, 3.63) is 22.7 Å². The van der Waals surface area contributed by atoms with Gasteiger partial charge in [0.1, 0.15) is 0 Å². The van der Waals surface area contributed by atoms with Gasteiger partial charge in [-0.1, -0.05) is 15.9 Å². The van der Waals surface area contributed by atoms with Gasteiger partial charge in [0, 0.05) is 37.4 Å². The molecular formula is C12H18BrN3O2. The average Bonchev–Trinajstić information content (AvgIpc) is 2.38. The summed E-state index contributed by atoms with van der Waals surface area (Å²) >= 11 is 3.43. The molecular weight excluding hydrogens is 298 g/mol. The summed E-state index contributed by atoms with van der Waals surface area (Å²) in [5.74, 6) is 0.528. The number of halogens is 1. The molecule has 5 nitrogen and oxygen atoms in total. The highest BCUT2D eigenvalue weighted by Gasteiger charge is 2.27. The van der Waals surface area contributed by atoms with Gasteiger partial charge in [0.2, 0.25) is 0 Å². The van der Waals surface area contributed by atoms with Gasteiger partial charge >= 0.3 is 0 Å². The van der Waals surface area contributed by atoms with Crippen LogP contribution in [0.15, 0.2) is 17.2 Å². The molecule has 2 unspecified atom stereocenters. The molecule has 0 N–H and O–H groups in total. The second-order valence-electron chi connectivity index (χ2n) is 4.47. The highest BCUT2D eigenvalue weighted by Crippen LogP contribution is 2.16. The lowest BCUT2D eigenvalue weighted by atomic mass is 10.2. The number of aryl methyl sites for hydroxylation is 1. The Morgan fingerprint density at radius 3 is 3.00 bits per heavy atom. The number of anilines is 1. The van der Waals surface area contributed by atoms with Crippen molar-refractivity contribution in [2.24, 2.45) is 0 Å². The van der Waals surface area contributed by atoms with Gasteiger partial charge in [-0.25, -0.2) is 4.98 Å². The van der Waals surface area contributed by atoms with Crippen LogP contribution in [-0.4, -0.2) is 40.2 Å². The van der Waals surface area contributed by atoms with Crippen LogP contribution in [0.25, 0.3) is 0 Å². The van der Waals surface area contributed by atoms with E-state index in [1.165, 1.54) is 0 Å². The summed E-state index contributed by atoms with van der Waals surface area (Å²) in [6.07, 6.45) is 3.62. The van der Waals surface area contributed by atoms with Gasteiger partial charge in [0.05, 0.1) is 12.2 Å². The lowest BCUT2D eigenvalue weighted by Gasteiger charge is -2.36. The molecule has 0 bridgehead atoms. The Morgan fingerprint density at radius 2 is 2.33 bits per heavy atom. The molecule has 2 rings (SSSR count). The first-order chi connectivity index (χ1) is 8.65. The Hall–Kier alpha value is -0.880. The van der Waals surface area contributed by atoms with E-state index in [9.17, 15) is 4.79 Å². The lowest BCUT2D eigenvalue weighted by molar-refractivity contribution is -0.00234. The van der Waals surface area contributed by atoms with E-state index in [0.29, 0.717) is 25.5 Å². The van der Waals surface area contributed by atoms with E-state index in [-0.39, 0.29) is 17.8 Å². The zero-order chi connectivity index (χ0) is 13.1. The topological polar surface area (TPSA) is 47.4 Å². The Bertz CT molecular complexity index is 463. The van der Waals surface area contributed by atoms with Gasteiger partial charge < -0.3 is 14.2 Å². The van der Waals surface area contributed by atoms with Crippen LogP contribution in [0.3, 0.4) is 0 Å². The fourth-order valence-corrected chi connectivity index (χ4v) is 2.56. The van der Waals surface area contributed by atoms with Crippen molar-refractivity contribution in [1.82, 2.24) is 9.55 Å². The van der Waals surface area contributed by atoms with Crippen LogP contribution < -0.4 is 10.5 Å². The minimum Gasteiger partial charge on any atom is -0.371 e. The maximum Gasteiger partial charge on any atom is 0.293 e. The Labute approximate surface area is 115 Å². The predicted molar refractivity (Wildman–Crippen MR) is 74.5 cm³/mol. The van der Waals surface area contributed by atoms with E-state index in [4.69, 9.17) is 4.74 Å². The van der Waals surface area contributed by atoms with E-state index in [1.807, 2.05) is 18.7 Å². The van der Waals surface area contributed by atoms with Crippen LogP contribution >= 0.6 is 15.9 Å². The van der Waals surface area contributed by atoms with Crippen LogP contribution in [0.2, 0.25) is 0 Å². The zero-order valence-corrected chi connectivity index (χ0v) is 12.3. The molecule has 2 atom stereocenters. The number of hydrogen-bond acceptors (Lipinski definition) is 4. The van der Waals surface area contributed by atoms with E-state index >= 15 is 0 Å². The van der Waals surface area contributed by atoms with Crippen LogP contribution in [0.4, 0.5) is 5.82 Å². The number of nitrogens with zero attached hydrogens (tertiary/aromatic N) is 3. The van der Waals surface area contributed by atoms with Crippen LogP contribution in [0, 0.1) is 0 Å². The molecule has 1 aromatic heterocycles. The van der Waals surface area contributed by atoms with E-state index in [1.54, 1.807) is 17.0 Å². The summed E-state index contributed by atoms with van der Waals surface area (Å²) < 4.78 is 7.43. The molecule has 1 fully saturated rings. The summed E-state index contributed by atoms with van der Waals surface area (Å²) in [4.78, 5) is 18.5. The van der Waals surface area contributed by atoms with Crippen molar-refractivity contribution in [3.63, 3.8) is 0 Å². The molecule has 2 heterocycles. The van der Waals surface area contributed by atoms with Gasteiger partial charge in [0.25, 0.3) is 5.56 Å². The number of morpholine rings is 1. The zero-order valence-electron chi connectivity index (χ0n) is 10.7. The molecule has 1 aliphatic heterocycles. The summed E-state index contributed by atoms with van der Waals surface area (Å²) in [6.45, 7) is 6.04. The molecule has 18 heavy (non-hydrogen) atoms. The van der Waals surface area contributed by atoms with Crippen LogP contribution in [0.1, 0.15) is 13.8 Å². The molecule has 0 saturated carbocycles. The number of ether oxygens (including phenoxy) is 1. The molecule has 6 heteroatoms. The SMILES string of the molecule is CCn1ccnc(N2CC(C)OC(CBr)C2)c1=O. The molecule has 0 radical (unpaired) electrons. The quantitative estimate of drug-likeness (QED) is 0.788. The molecule has 1 aromatic rings. The summed E-state index contributed by atoms with van der Waals surface area (Å²) in [5, 5.41) is 0.767. The monoisotopic (exact) mass is 315 g/mol. The van der Waals surface area contributed by atoms with Crippen molar-refractivity contribution in [2.45, 2.75) is 32.6 Å². The van der Waals surface area contributed by atoms with Crippen molar-refractivity contribution >= 4 is 21.7 Å². The van der Waals surface area contributed by atoms with Crippen LogP contribution in [0.5, 0.6) is 0 Å². The fraction of sp³-hybridized carbons (Fsp3) is 0.667. The van der Waals surface area contributed by atoms with Gasteiger partial charge in [-0.2, -0.15) is 0 Å². The van der Waals surface area contributed by atoms with Crippen molar-refractivity contribution in [3.8, 4) is 0 Å². The molecule has 0 aliphatic carbocycles. The molecule has 1 saturated heterocycles. The molecule has 1 aliphatic rings. The smallest absolute Gasteiger partial charge is 0.293 e. The maximum atomic E-state index is 12.2. The standard InChI is InChI=1S/C12H18BrN3O2/c1-3-15-5-4-14-11(12(15)17)16-7-9(2)18-10(6-13)8-16/h4-5,9-10H,3,6-8H2,1-2H3. The second kappa shape index (κ2) is 5.84. The largest absolute Gasteiger partial charge is 0.371 e. The molecule has 0 spiro atoms. The Kier molecular flexibility index (Phi) is 4.40. The first-order valence-corrected chi connectivity index (χ1v) is 7.29. The summed E-state index contributed by atoms with van der Waals surface area (Å²) in [5.41, 5.74) is -0.0255. The summed E-state index contributed by atoms with van der Waals surface area (Å²) in [6, 6.07) is 0. The third-order valence-corrected chi connectivity index (χ3v) is 3.76. The minimum absolute atomic E-state index is 0.0255. The molecule has 0 aromatic carbocycles. The van der Waals surface area contributed by atoms with Crippen molar-refractivity contribution in [2.75, 3.05) is 23.3 Å². The van der Waals surface area contributed by atoms with Gasteiger partial charge in [-0.05, 0) is 13.8 Å². The Balaban J connectivity index is 2.28. The van der Waals surface area contributed by atoms with E-state index < -0.39 is 0 Å². The van der Waals surface area contributed by atoms with Gasteiger partial charge in [-0.3, -0.25) is 4.79 Å². The van der Waals surface area contributed by atoms with Crippen LogP contribution in [-0.2, 0) is 11.3 Å². The molecule has 0 amide bonds. The number of alkyl halides is 1. The van der Waals surface area contributed by atoms with E-state index in [0.717, 1.165) is 5.33 Å². The second-order valence-corrected chi connectivity index (χ2v) is 5.12. The summed E-state index contributed by atoms with van der Waals surface area (Å²) in [7, 11) is 0. The molecule has 100 valence electrons. The normalized spacial score (nSPS) is 24.3.